The summed E-state index contributed by atoms with van der Waals surface area (Å²) in [7, 11) is 0. The van der Waals surface area contributed by atoms with Crippen LogP contribution >= 0.6 is 11.6 Å². The molecule has 0 atom stereocenters. The molecule has 1 aromatic heterocycles. The molecule has 1 aliphatic heterocycles. The van der Waals surface area contributed by atoms with Gasteiger partial charge in [0.2, 0.25) is 5.88 Å². The van der Waals surface area contributed by atoms with Gasteiger partial charge in [0.1, 0.15) is 6.10 Å². The van der Waals surface area contributed by atoms with E-state index in [1.807, 2.05) is 0 Å². The van der Waals surface area contributed by atoms with Gasteiger partial charge < -0.3 is 9.47 Å². The Kier molecular flexibility index (Phi) is 2.15. The molecule has 3 nitrogen and oxygen atoms in total. The van der Waals surface area contributed by atoms with Gasteiger partial charge in [-0.3, -0.25) is 0 Å². The number of ether oxygens (including phenoxy) is 2. The first-order chi connectivity index (χ1) is 5.84. The zero-order chi connectivity index (χ0) is 8.39. The first-order valence-electron chi connectivity index (χ1n) is 3.70. The summed E-state index contributed by atoms with van der Waals surface area (Å²) < 4.78 is 10.4. The molecule has 0 aromatic carbocycles. The van der Waals surface area contributed by atoms with Gasteiger partial charge in [-0.2, -0.15) is 0 Å². The first kappa shape index (κ1) is 7.83. The highest BCUT2D eigenvalue weighted by Crippen LogP contribution is 2.15. The number of pyridine rings is 1. The molecule has 0 N–H and O–H groups in total. The van der Waals surface area contributed by atoms with Gasteiger partial charge in [0.15, 0.2) is 0 Å². The SMILES string of the molecule is Clc1ccc(OC2COC2)nc1. The molecule has 0 spiro atoms. The minimum atomic E-state index is 0.165. The molecule has 0 aliphatic carbocycles. The Hall–Kier alpha value is -0.800. The normalized spacial score (nSPS) is 17.1. The molecule has 0 unspecified atom stereocenters. The lowest BCUT2D eigenvalue weighted by molar-refractivity contribution is -0.0813. The monoisotopic (exact) mass is 185 g/mol. The topological polar surface area (TPSA) is 31.4 Å². The second kappa shape index (κ2) is 3.29. The third kappa shape index (κ3) is 1.68. The molecule has 1 aliphatic rings. The summed E-state index contributed by atoms with van der Waals surface area (Å²) in [6.45, 7) is 1.31. The van der Waals surface area contributed by atoms with Crippen molar-refractivity contribution in [2.75, 3.05) is 13.2 Å². The Balaban J connectivity index is 1.98. The molecular formula is C8H8ClNO2. The second-order valence-electron chi connectivity index (χ2n) is 2.59. The maximum Gasteiger partial charge on any atom is 0.213 e. The predicted octanol–water partition coefficient (Wildman–Crippen LogP) is 1.51. The van der Waals surface area contributed by atoms with E-state index < -0.39 is 0 Å². The van der Waals surface area contributed by atoms with E-state index in [9.17, 15) is 0 Å². The fraction of sp³-hybridized carbons (Fsp3) is 0.375. The van der Waals surface area contributed by atoms with E-state index >= 15 is 0 Å². The van der Waals surface area contributed by atoms with Crippen molar-refractivity contribution < 1.29 is 9.47 Å². The number of hydrogen-bond donors (Lipinski definition) is 0. The highest BCUT2D eigenvalue weighted by atomic mass is 35.5. The summed E-state index contributed by atoms with van der Waals surface area (Å²) in [6.07, 6.45) is 1.73. The van der Waals surface area contributed by atoms with Gasteiger partial charge in [-0.1, -0.05) is 11.6 Å². The van der Waals surface area contributed by atoms with E-state index in [0.29, 0.717) is 24.1 Å². The summed E-state index contributed by atoms with van der Waals surface area (Å²) in [6, 6.07) is 3.50. The molecule has 4 heteroatoms. The van der Waals surface area contributed by atoms with Crippen LogP contribution in [0.1, 0.15) is 0 Å². The van der Waals surface area contributed by atoms with Crippen molar-refractivity contribution in [2.45, 2.75) is 6.10 Å². The third-order valence-electron chi connectivity index (χ3n) is 1.60. The van der Waals surface area contributed by atoms with Crippen molar-refractivity contribution in [1.82, 2.24) is 4.98 Å². The lowest BCUT2D eigenvalue weighted by atomic mass is 10.3. The molecule has 64 valence electrons. The third-order valence-corrected chi connectivity index (χ3v) is 1.82. The average Bonchev–Trinajstić information content (AvgIpc) is 2.00. The van der Waals surface area contributed by atoms with Crippen LogP contribution in [-0.4, -0.2) is 24.3 Å². The maximum absolute atomic E-state index is 5.65. The highest BCUT2D eigenvalue weighted by Gasteiger charge is 2.20. The fourth-order valence-corrected chi connectivity index (χ4v) is 0.997. The van der Waals surface area contributed by atoms with Crippen molar-refractivity contribution >= 4 is 11.6 Å². The average molecular weight is 186 g/mol. The van der Waals surface area contributed by atoms with Crippen LogP contribution in [0.4, 0.5) is 0 Å². The molecule has 0 bridgehead atoms. The van der Waals surface area contributed by atoms with E-state index in [1.54, 1.807) is 18.3 Å². The van der Waals surface area contributed by atoms with Crippen LogP contribution in [0.3, 0.4) is 0 Å². The first-order valence-corrected chi connectivity index (χ1v) is 4.08. The Morgan fingerprint density at radius 1 is 1.50 bits per heavy atom. The molecule has 1 aromatic rings. The van der Waals surface area contributed by atoms with Crippen LogP contribution in [0.2, 0.25) is 5.02 Å². The molecule has 0 amide bonds. The number of aromatic nitrogens is 1. The number of hydrogen-bond acceptors (Lipinski definition) is 3. The van der Waals surface area contributed by atoms with E-state index in [4.69, 9.17) is 21.1 Å². The second-order valence-corrected chi connectivity index (χ2v) is 3.03. The van der Waals surface area contributed by atoms with Crippen LogP contribution in [0.25, 0.3) is 0 Å². The Morgan fingerprint density at radius 3 is 2.83 bits per heavy atom. The van der Waals surface area contributed by atoms with Crippen LogP contribution in [-0.2, 0) is 4.74 Å². The summed E-state index contributed by atoms with van der Waals surface area (Å²) in [4.78, 5) is 3.99. The van der Waals surface area contributed by atoms with Gasteiger partial charge in [0.25, 0.3) is 0 Å². The Labute approximate surface area is 75.3 Å². The number of halogens is 1. The van der Waals surface area contributed by atoms with Gasteiger partial charge in [-0.25, -0.2) is 4.98 Å². The van der Waals surface area contributed by atoms with E-state index in [0.717, 1.165) is 0 Å². The summed E-state index contributed by atoms with van der Waals surface area (Å²) in [5, 5.41) is 0.618. The van der Waals surface area contributed by atoms with Gasteiger partial charge in [-0.15, -0.1) is 0 Å². The van der Waals surface area contributed by atoms with Gasteiger partial charge in [0, 0.05) is 12.3 Å². The molecule has 1 fully saturated rings. The minimum absolute atomic E-state index is 0.165. The highest BCUT2D eigenvalue weighted by molar-refractivity contribution is 6.30. The number of rotatable bonds is 2. The summed E-state index contributed by atoms with van der Waals surface area (Å²) in [5.41, 5.74) is 0. The van der Waals surface area contributed by atoms with Crippen LogP contribution in [0.15, 0.2) is 18.3 Å². The fourth-order valence-electron chi connectivity index (χ4n) is 0.885. The molecule has 2 rings (SSSR count). The van der Waals surface area contributed by atoms with Crippen molar-refractivity contribution in [3.63, 3.8) is 0 Å². The largest absolute Gasteiger partial charge is 0.469 e. The quantitative estimate of drug-likeness (QED) is 0.700. The number of nitrogens with zero attached hydrogens (tertiary/aromatic N) is 1. The van der Waals surface area contributed by atoms with Gasteiger partial charge in [-0.05, 0) is 6.07 Å². The molecule has 12 heavy (non-hydrogen) atoms. The smallest absolute Gasteiger partial charge is 0.213 e. The van der Waals surface area contributed by atoms with Crippen LogP contribution < -0.4 is 4.74 Å². The van der Waals surface area contributed by atoms with Crippen molar-refractivity contribution in [3.05, 3.63) is 23.4 Å². The minimum Gasteiger partial charge on any atom is -0.469 e. The summed E-state index contributed by atoms with van der Waals surface area (Å²) in [5.74, 6) is 0.604. The summed E-state index contributed by atoms with van der Waals surface area (Å²) >= 11 is 5.65. The van der Waals surface area contributed by atoms with Crippen LogP contribution in [0.5, 0.6) is 5.88 Å². The molecule has 1 saturated heterocycles. The van der Waals surface area contributed by atoms with E-state index in [1.165, 1.54) is 0 Å². The van der Waals surface area contributed by atoms with E-state index in [2.05, 4.69) is 4.98 Å². The maximum atomic E-state index is 5.65. The lowest BCUT2D eigenvalue weighted by Gasteiger charge is -2.25. The molecule has 2 heterocycles. The Bertz CT molecular complexity index is 258. The van der Waals surface area contributed by atoms with Gasteiger partial charge in [0.05, 0.1) is 18.2 Å². The lowest BCUT2D eigenvalue weighted by Crippen LogP contribution is -2.38. The van der Waals surface area contributed by atoms with Crippen LogP contribution in [0, 0.1) is 0 Å². The molecule has 0 radical (unpaired) electrons. The molecule has 0 saturated carbocycles. The zero-order valence-electron chi connectivity index (χ0n) is 6.37. The predicted molar refractivity (Wildman–Crippen MR) is 44.5 cm³/mol. The Morgan fingerprint density at radius 2 is 2.33 bits per heavy atom. The standard InChI is InChI=1S/C8H8ClNO2/c9-6-1-2-8(10-3-6)12-7-4-11-5-7/h1-3,7H,4-5H2. The van der Waals surface area contributed by atoms with Gasteiger partial charge >= 0.3 is 0 Å². The van der Waals surface area contributed by atoms with Crippen molar-refractivity contribution in [3.8, 4) is 5.88 Å². The van der Waals surface area contributed by atoms with E-state index in [-0.39, 0.29) is 6.10 Å². The zero-order valence-corrected chi connectivity index (χ0v) is 7.12. The van der Waals surface area contributed by atoms with Crippen molar-refractivity contribution in [1.29, 1.82) is 0 Å². The van der Waals surface area contributed by atoms with Crippen molar-refractivity contribution in [2.24, 2.45) is 0 Å². The molecular weight excluding hydrogens is 178 g/mol.